The normalized spacial score (nSPS) is 15.6. The Kier molecular flexibility index (Phi) is 6.52. The fraction of sp³-hybridized carbons (Fsp3) is 0.733. The summed E-state index contributed by atoms with van der Waals surface area (Å²) in [5.74, 6) is 0.782. The first-order chi connectivity index (χ1) is 11.1. The molecule has 128 valence electrons. The average molecular weight is 324 g/mol. The summed E-state index contributed by atoms with van der Waals surface area (Å²) in [4.78, 5) is 31.9. The highest BCUT2D eigenvalue weighted by Crippen LogP contribution is 2.12. The smallest absolute Gasteiger partial charge is 0.246 e. The van der Waals surface area contributed by atoms with Crippen molar-refractivity contribution < 1.29 is 18.8 Å². The molecule has 2 amide bonds. The zero-order valence-corrected chi connectivity index (χ0v) is 13.8. The second-order valence-corrected chi connectivity index (χ2v) is 5.57. The molecule has 0 atom stereocenters. The number of likely N-dealkylation sites (N-methyl/N-ethyl adjacent to an activating group) is 1. The summed E-state index contributed by atoms with van der Waals surface area (Å²) in [7, 11) is 1.55. The number of hydrogen-bond donors (Lipinski definition) is 0. The van der Waals surface area contributed by atoms with Gasteiger partial charge in [-0.2, -0.15) is 4.98 Å². The lowest BCUT2D eigenvalue weighted by atomic mass is 10.2. The molecule has 8 heteroatoms. The number of carbonyl (C=O) groups is 2. The van der Waals surface area contributed by atoms with Crippen LogP contribution in [0.4, 0.5) is 0 Å². The fourth-order valence-corrected chi connectivity index (χ4v) is 2.55. The Morgan fingerprint density at radius 2 is 2.22 bits per heavy atom. The van der Waals surface area contributed by atoms with Gasteiger partial charge in [0, 0.05) is 26.6 Å². The van der Waals surface area contributed by atoms with E-state index in [1.54, 1.807) is 16.9 Å². The molecule has 0 bridgehead atoms. The van der Waals surface area contributed by atoms with Gasteiger partial charge in [0.25, 0.3) is 0 Å². The Hall–Kier alpha value is -1.96. The molecule has 1 saturated heterocycles. The SMILES string of the molecule is CCN(Cc1nc(COC)no1)C(=O)CN1CCCCCC1=O. The third-order valence-electron chi connectivity index (χ3n) is 3.84. The van der Waals surface area contributed by atoms with Crippen molar-refractivity contribution in [2.75, 3.05) is 26.7 Å². The number of hydrogen-bond acceptors (Lipinski definition) is 6. The maximum absolute atomic E-state index is 12.5. The molecule has 2 rings (SSSR count). The van der Waals surface area contributed by atoms with E-state index < -0.39 is 0 Å². The highest BCUT2D eigenvalue weighted by atomic mass is 16.5. The van der Waals surface area contributed by atoms with Crippen LogP contribution in [-0.4, -0.2) is 58.5 Å². The average Bonchev–Trinajstić information content (AvgIpc) is 2.88. The predicted octanol–water partition coefficient (Wildman–Crippen LogP) is 0.967. The standard InChI is InChI=1S/C15H24N4O4/c1-3-18(9-13-16-12(11-22-2)17-23-13)15(21)10-19-8-6-4-5-7-14(19)20/h3-11H2,1-2H3. The summed E-state index contributed by atoms with van der Waals surface area (Å²) in [5, 5.41) is 3.78. The first-order valence-corrected chi connectivity index (χ1v) is 8.00. The molecule has 1 aromatic rings. The van der Waals surface area contributed by atoms with E-state index in [-0.39, 0.29) is 31.5 Å². The lowest BCUT2D eigenvalue weighted by Gasteiger charge is -2.25. The van der Waals surface area contributed by atoms with Gasteiger partial charge < -0.3 is 19.1 Å². The van der Waals surface area contributed by atoms with Crippen LogP contribution in [0.1, 0.15) is 44.3 Å². The van der Waals surface area contributed by atoms with Crippen molar-refractivity contribution in [3.05, 3.63) is 11.7 Å². The van der Waals surface area contributed by atoms with Gasteiger partial charge >= 0.3 is 0 Å². The van der Waals surface area contributed by atoms with Gasteiger partial charge in [0.2, 0.25) is 17.7 Å². The van der Waals surface area contributed by atoms with Crippen molar-refractivity contribution in [3.8, 4) is 0 Å². The fourth-order valence-electron chi connectivity index (χ4n) is 2.55. The van der Waals surface area contributed by atoms with Gasteiger partial charge in [0.05, 0.1) is 6.54 Å². The Morgan fingerprint density at radius 1 is 1.39 bits per heavy atom. The molecule has 0 spiro atoms. The second-order valence-electron chi connectivity index (χ2n) is 5.57. The van der Waals surface area contributed by atoms with Crippen LogP contribution in [0.2, 0.25) is 0 Å². The number of rotatable bonds is 7. The van der Waals surface area contributed by atoms with Crippen molar-refractivity contribution in [1.82, 2.24) is 19.9 Å². The van der Waals surface area contributed by atoms with E-state index >= 15 is 0 Å². The molecule has 0 aliphatic carbocycles. The lowest BCUT2D eigenvalue weighted by Crippen LogP contribution is -2.42. The number of amides is 2. The quantitative estimate of drug-likeness (QED) is 0.742. The topological polar surface area (TPSA) is 88.8 Å². The van der Waals surface area contributed by atoms with Crippen LogP contribution >= 0.6 is 0 Å². The zero-order chi connectivity index (χ0) is 16.7. The zero-order valence-electron chi connectivity index (χ0n) is 13.8. The largest absolute Gasteiger partial charge is 0.377 e. The van der Waals surface area contributed by atoms with E-state index in [1.807, 2.05) is 6.92 Å². The van der Waals surface area contributed by atoms with Crippen LogP contribution in [0.3, 0.4) is 0 Å². The molecular weight excluding hydrogens is 300 g/mol. The highest BCUT2D eigenvalue weighted by Gasteiger charge is 2.23. The van der Waals surface area contributed by atoms with Crippen LogP contribution in [-0.2, 0) is 27.5 Å². The van der Waals surface area contributed by atoms with E-state index in [2.05, 4.69) is 10.1 Å². The van der Waals surface area contributed by atoms with Crippen molar-refractivity contribution in [2.45, 2.75) is 45.8 Å². The third kappa shape index (κ3) is 5.02. The minimum atomic E-state index is -0.103. The summed E-state index contributed by atoms with van der Waals surface area (Å²) in [6.45, 7) is 3.68. The number of carbonyl (C=O) groups excluding carboxylic acids is 2. The van der Waals surface area contributed by atoms with Crippen molar-refractivity contribution in [3.63, 3.8) is 0 Å². The molecule has 1 fully saturated rings. The molecule has 8 nitrogen and oxygen atoms in total. The monoisotopic (exact) mass is 324 g/mol. The van der Waals surface area contributed by atoms with Crippen LogP contribution < -0.4 is 0 Å². The molecule has 23 heavy (non-hydrogen) atoms. The van der Waals surface area contributed by atoms with Gasteiger partial charge in [0.15, 0.2) is 5.82 Å². The van der Waals surface area contributed by atoms with E-state index in [9.17, 15) is 9.59 Å². The summed E-state index contributed by atoms with van der Waals surface area (Å²) in [5.41, 5.74) is 0. The van der Waals surface area contributed by atoms with Gasteiger partial charge in [-0.15, -0.1) is 0 Å². The molecule has 1 aliphatic rings. The van der Waals surface area contributed by atoms with Gasteiger partial charge in [-0.25, -0.2) is 0 Å². The van der Waals surface area contributed by atoms with Gasteiger partial charge in [-0.3, -0.25) is 9.59 Å². The molecule has 0 unspecified atom stereocenters. The Labute approximate surface area is 135 Å². The van der Waals surface area contributed by atoms with Crippen LogP contribution in [0.25, 0.3) is 0 Å². The number of likely N-dealkylation sites (tertiary alicyclic amines) is 1. The molecule has 0 radical (unpaired) electrons. The van der Waals surface area contributed by atoms with E-state index in [4.69, 9.17) is 9.26 Å². The van der Waals surface area contributed by atoms with Crippen molar-refractivity contribution in [1.29, 1.82) is 0 Å². The van der Waals surface area contributed by atoms with Gasteiger partial charge in [-0.1, -0.05) is 11.6 Å². The minimum Gasteiger partial charge on any atom is -0.377 e. The van der Waals surface area contributed by atoms with Crippen molar-refractivity contribution >= 4 is 11.8 Å². The molecule has 0 saturated carbocycles. The summed E-state index contributed by atoms with van der Waals surface area (Å²) in [6.07, 6.45) is 3.43. The lowest BCUT2D eigenvalue weighted by molar-refractivity contribution is -0.140. The summed E-state index contributed by atoms with van der Waals surface area (Å²) < 4.78 is 10.0. The first-order valence-electron chi connectivity index (χ1n) is 8.00. The minimum absolute atomic E-state index is 0.0621. The summed E-state index contributed by atoms with van der Waals surface area (Å²) in [6, 6.07) is 0. The van der Waals surface area contributed by atoms with E-state index in [1.165, 1.54) is 0 Å². The highest BCUT2D eigenvalue weighted by molar-refractivity contribution is 5.84. The first kappa shape index (κ1) is 17.4. The molecule has 0 aromatic carbocycles. The number of nitrogens with zero attached hydrogens (tertiary/aromatic N) is 4. The van der Waals surface area contributed by atoms with E-state index in [0.717, 1.165) is 19.3 Å². The molecule has 1 aromatic heterocycles. The van der Waals surface area contributed by atoms with Crippen molar-refractivity contribution in [2.24, 2.45) is 0 Å². The van der Waals surface area contributed by atoms with Crippen LogP contribution in [0, 0.1) is 0 Å². The second kappa shape index (κ2) is 8.61. The van der Waals surface area contributed by atoms with Gasteiger partial charge in [0.1, 0.15) is 13.2 Å². The molecular formula is C15H24N4O4. The molecule has 2 heterocycles. The number of aromatic nitrogens is 2. The number of ether oxygens (including phenoxy) is 1. The maximum atomic E-state index is 12.5. The van der Waals surface area contributed by atoms with E-state index in [0.29, 0.717) is 31.2 Å². The Morgan fingerprint density at radius 3 is 2.96 bits per heavy atom. The van der Waals surface area contributed by atoms with Gasteiger partial charge in [-0.05, 0) is 19.8 Å². The Balaban J connectivity index is 1.93. The number of methoxy groups -OCH3 is 1. The molecule has 0 N–H and O–H groups in total. The Bertz CT molecular complexity index is 531. The third-order valence-corrected chi connectivity index (χ3v) is 3.84. The molecule has 1 aliphatic heterocycles. The predicted molar refractivity (Wildman–Crippen MR) is 81.2 cm³/mol. The maximum Gasteiger partial charge on any atom is 0.246 e. The van der Waals surface area contributed by atoms with Crippen LogP contribution in [0.5, 0.6) is 0 Å². The van der Waals surface area contributed by atoms with Crippen LogP contribution in [0.15, 0.2) is 4.52 Å². The summed E-state index contributed by atoms with van der Waals surface area (Å²) >= 11 is 0.